The molecule has 1 aromatic carbocycles. The summed E-state index contributed by atoms with van der Waals surface area (Å²) in [5, 5.41) is 0. The number of hydrogen-bond donors (Lipinski definition) is 0. The minimum atomic E-state index is -5.01. The summed E-state index contributed by atoms with van der Waals surface area (Å²) in [6, 6.07) is 3.62. The van der Waals surface area contributed by atoms with Crippen LogP contribution in [0, 0.1) is 0 Å². The Morgan fingerprint density at radius 2 is 0.868 bits per heavy atom. The summed E-state index contributed by atoms with van der Waals surface area (Å²) in [5.74, 6) is -1.81. The first-order valence-corrected chi connectivity index (χ1v) is 22.5. The molecule has 0 radical (unpaired) electrons. The van der Waals surface area contributed by atoms with Gasteiger partial charge in [0.05, 0.1) is 29.2 Å². The maximum Gasteiger partial charge on any atom is 1.00 e. The van der Waals surface area contributed by atoms with Gasteiger partial charge in [-0.05, 0) is 63.5 Å². The Bertz CT molecular complexity index is 1210. The van der Waals surface area contributed by atoms with E-state index in [1.807, 2.05) is 0 Å². The van der Waals surface area contributed by atoms with Gasteiger partial charge in [-0.2, -0.15) is 0 Å². The Morgan fingerprint density at radius 1 is 0.528 bits per heavy atom. The van der Waals surface area contributed by atoms with Gasteiger partial charge in [0.15, 0.2) is 0 Å². The molecule has 0 saturated heterocycles. The van der Waals surface area contributed by atoms with Crippen LogP contribution in [0.2, 0.25) is 0 Å². The van der Waals surface area contributed by atoms with Crippen molar-refractivity contribution < 1.29 is 61.6 Å². The second kappa shape index (κ2) is 36.2. The molecule has 0 unspecified atom stereocenters. The summed E-state index contributed by atoms with van der Waals surface area (Å²) in [6.45, 7) is 4.69. The van der Waals surface area contributed by atoms with E-state index in [2.05, 4.69) is 38.2 Å². The van der Waals surface area contributed by atoms with Crippen LogP contribution in [0.5, 0.6) is 0 Å². The Balaban J connectivity index is 0.0000270. The second-order valence-corrected chi connectivity index (χ2v) is 15.6. The largest absolute Gasteiger partial charge is 1.00 e. The Morgan fingerprint density at radius 3 is 1.25 bits per heavy atom. The molecule has 0 aromatic heterocycles. The van der Waals surface area contributed by atoms with Crippen LogP contribution < -0.4 is 29.6 Å². The van der Waals surface area contributed by atoms with Crippen LogP contribution in [0.3, 0.4) is 0 Å². The molecule has 0 fully saturated rings. The van der Waals surface area contributed by atoms with Gasteiger partial charge in [0.25, 0.3) is 0 Å². The maximum absolute atomic E-state index is 13.0. The topological polar surface area (TPSA) is 110 Å². The summed E-state index contributed by atoms with van der Waals surface area (Å²) in [7, 11) is -5.01. The van der Waals surface area contributed by atoms with Gasteiger partial charge in [0.2, 0.25) is 0 Å². The van der Waals surface area contributed by atoms with Crippen LogP contribution in [0.1, 0.15) is 214 Å². The van der Waals surface area contributed by atoms with Gasteiger partial charge >= 0.3 is 41.5 Å². The van der Waals surface area contributed by atoms with Crippen molar-refractivity contribution in [2.75, 3.05) is 13.2 Å². The zero-order valence-corrected chi connectivity index (χ0v) is 36.8. The monoisotopic (exact) mass is 768 g/mol. The molecule has 0 aliphatic rings. The molecule has 7 nitrogen and oxygen atoms in total. The summed E-state index contributed by atoms with van der Waals surface area (Å²) >= 11 is 0. The Labute approximate surface area is 347 Å². The van der Waals surface area contributed by atoms with E-state index in [0.717, 1.165) is 44.6 Å². The first-order valence-electron chi connectivity index (χ1n) is 21.1. The smallest absolute Gasteiger partial charge is 0.744 e. The third-order valence-corrected chi connectivity index (χ3v) is 10.4. The van der Waals surface area contributed by atoms with Crippen molar-refractivity contribution in [3.8, 4) is 0 Å². The van der Waals surface area contributed by atoms with E-state index in [-0.39, 0.29) is 48.3 Å². The predicted octanol–water partition coefficient (Wildman–Crippen LogP) is 9.98. The van der Waals surface area contributed by atoms with Crippen LogP contribution >= 0.6 is 0 Å². The average Bonchev–Trinajstić information content (AvgIpc) is 3.13. The minimum Gasteiger partial charge on any atom is -0.744 e. The Hall–Kier alpha value is -1.45. The first kappa shape index (κ1) is 51.5. The molecular formula is C44H73NaO7S. The molecule has 0 atom stereocenters. The molecule has 0 bridgehead atoms. The fourth-order valence-electron chi connectivity index (χ4n) is 6.27. The van der Waals surface area contributed by atoms with Crippen molar-refractivity contribution in [3.63, 3.8) is 0 Å². The van der Waals surface area contributed by atoms with E-state index in [1.165, 1.54) is 141 Å². The van der Waals surface area contributed by atoms with Crippen molar-refractivity contribution in [2.24, 2.45) is 0 Å². The zero-order chi connectivity index (χ0) is 38.0. The number of carbonyl (C=O) groups excluding carboxylic acids is 2. The van der Waals surface area contributed by atoms with Gasteiger partial charge in [-0.25, -0.2) is 18.0 Å². The summed E-state index contributed by atoms with van der Waals surface area (Å²) in [4.78, 5) is 25.1. The third-order valence-electron chi connectivity index (χ3n) is 9.50. The van der Waals surface area contributed by atoms with E-state index in [0.29, 0.717) is 12.8 Å². The third kappa shape index (κ3) is 28.6. The van der Waals surface area contributed by atoms with Gasteiger partial charge in [0, 0.05) is 0 Å². The zero-order valence-electron chi connectivity index (χ0n) is 34.0. The SMILES string of the molecule is CCCC/C=C/CCCCCCCCCCCCOC(=O)c1cccc(S(=O)(=O)[O-])c1C(=O)OCCCCCCCCCCCC/C=C/CCCC.[Na+]. The minimum absolute atomic E-state index is 0. The van der Waals surface area contributed by atoms with E-state index < -0.39 is 32.5 Å². The number of allylic oxidation sites excluding steroid dienone is 4. The van der Waals surface area contributed by atoms with E-state index >= 15 is 0 Å². The molecule has 0 aliphatic heterocycles. The molecule has 1 aromatic rings. The fraction of sp³-hybridized carbons (Fsp3) is 0.727. The normalized spacial score (nSPS) is 11.7. The molecule has 1 rings (SSSR count). The van der Waals surface area contributed by atoms with E-state index in [4.69, 9.17) is 9.47 Å². The van der Waals surface area contributed by atoms with Gasteiger partial charge in [-0.3, -0.25) is 0 Å². The van der Waals surface area contributed by atoms with Crippen molar-refractivity contribution in [2.45, 2.75) is 199 Å². The molecular weight excluding hydrogens is 696 g/mol. The quantitative estimate of drug-likeness (QED) is 0.0222. The van der Waals surface area contributed by atoms with Crippen molar-refractivity contribution in [3.05, 3.63) is 53.6 Å². The van der Waals surface area contributed by atoms with Crippen LogP contribution in [-0.2, 0) is 19.6 Å². The number of carbonyl (C=O) groups is 2. The average molecular weight is 769 g/mol. The van der Waals surface area contributed by atoms with Gasteiger partial charge in [-0.1, -0.05) is 173 Å². The number of esters is 2. The number of rotatable bonds is 35. The van der Waals surface area contributed by atoms with Crippen LogP contribution in [0.4, 0.5) is 0 Å². The van der Waals surface area contributed by atoms with Crippen LogP contribution in [0.25, 0.3) is 0 Å². The van der Waals surface area contributed by atoms with Crippen molar-refractivity contribution in [1.82, 2.24) is 0 Å². The van der Waals surface area contributed by atoms with Gasteiger partial charge < -0.3 is 14.0 Å². The molecule has 0 amide bonds. The predicted molar refractivity (Wildman–Crippen MR) is 214 cm³/mol. The standard InChI is InChI=1S/C44H74O7S.Na/c1-3-5-7-9-11-13-15-17-19-21-23-25-27-29-31-33-38-50-43(45)40-36-35-37-41(52(47,48)49)42(40)44(46)51-39-34-32-30-28-26-24-22-20-18-16-14-12-10-8-6-4-2;/h9-12,35-37H,3-8,13-34,38-39H2,1-2H3,(H,47,48,49);/q;+1/p-1/b11-9+,12-10+;. The first-order chi connectivity index (χ1) is 25.3. The van der Waals surface area contributed by atoms with Crippen molar-refractivity contribution in [1.29, 1.82) is 0 Å². The van der Waals surface area contributed by atoms with Gasteiger partial charge in [-0.15, -0.1) is 0 Å². The van der Waals surface area contributed by atoms with E-state index in [9.17, 15) is 22.6 Å². The number of unbranched alkanes of at least 4 members (excludes halogenated alkanes) is 24. The number of ether oxygens (including phenoxy) is 2. The van der Waals surface area contributed by atoms with Gasteiger partial charge in [0.1, 0.15) is 10.1 Å². The molecule has 0 N–H and O–H groups in total. The molecule has 0 aliphatic carbocycles. The summed E-state index contributed by atoms with van der Waals surface area (Å²) in [6.07, 6.45) is 41.7. The fourth-order valence-corrected chi connectivity index (χ4v) is 6.96. The second-order valence-electron chi connectivity index (χ2n) is 14.3. The summed E-state index contributed by atoms with van der Waals surface area (Å²) < 4.78 is 46.7. The maximum atomic E-state index is 13.0. The van der Waals surface area contributed by atoms with Crippen LogP contribution in [-0.4, -0.2) is 38.1 Å². The molecule has 53 heavy (non-hydrogen) atoms. The molecule has 9 heteroatoms. The number of benzene rings is 1. The van der Waals surface area contributed by atoms with Crippen molar-refractivity contribution >= 4 is 22.1 Å². The van der Waals surface area contributed by atoms with E-state index in [1.54, 1.807) is 0 Å². The number of hydrogen-bond acceptors (Lipinski definition) is 7. The molecule has 0 spiro atoms. The molecule has 298 valence electrons. The molecule has 0 saturated carbocycles. The summed E-state index contributed by atoms with van der Waals surface area (Å²) in [5.41, 5.74) is -0.781. The molecule has 0 heterocycles. The Kier molecular flexibility index (Phi) is 35.2. The van der Waals surface area contributed by atoms with Crippen LogP contribution in [0.15, 0.2) is 47.4 Å².